The van der Waals surface area contributed by atoms with E-state index in [0.717, 1.165) is 0 Å². The Balaban J connectivity index is 1.82. The minimum atomic E-state index is -1.24. The molecule has 2 aromatic rings. The molecule has 4 N–H and O–H groups in total. The Kier molecular flexibility index (Phi) is 9.76. The number of allylic oxidation sites excluding steroid dienone is 1. The van der Waals surface area contributed by atoms with E-state index in [1.807, 2.05) is 0 Å². The molecule has 0 saturated carbocycles. The molecular formula is C29H32Cl2N2O7. The number of rotatable bonds is 11. The predicted octanol–water partition coefficient (Wildman–Crippen LogP) is 3.11. The van der Waals surface area contributed by atoms with Crippen LogP contribution in [0.15, 0.2) is 54.6 Å². The number of fused-ring (bicyclic) bond motifs is 3. The van der Waals surface area contributed by atoms with Crippen LogP contribution in [0.2, 0.25) is 10.0 Å². The second-order valence-corrected chi connectivity index (χ2v) is 10.4. The Morgan fingerprint density at radius 3 is 2.65 bits per heavy atom. The van der Waals surface area contributed by atoms with Crippen LogP contribution in [0, 0.1) is 0 Å². The molecule has 40 heavy (non-hydrogen) atoms. The van der Waals surface area contributed by atoms with E-state index in [1.54, 1.807) is 42.5 Å². The average molecular weight is 591 g/mol. The number of nitrogens with zero attached hydrogens (tertiary/aromatic N) is 1. The van der Waals surface area contributed by atoms with Gasteiger partial charge in [-0.25, -0.2) is 0 Å². The number of benzene rings is 2. The molecule has 1 aliphatic carbocycles. The van der Waals surface area contributed by atoms with Gasteiger partial charge in [-0.15, -0.1) is 6.58 Å². The van der Waals surface area contributed by atoms with Crippen LogP contribution in [0.1, 0.15) is 35.4 Å². The third-order valence-corrected chi connectivity index (χ3v) is 7.68. The fourth-order valence-electron chi connectivity index (χ4n) is 5.18. The van der Waals surface area contributed by atoms with E-state index < -0.39 is 30.1 Å². The molecule has 2 amide bonds. The van der Waals surface area contributed by atoms with Crippen molar-refractivity contribution in [2.45, 2.75) is 50.2 Å². The van der Waals surface area contributed by atoms with Crippen molar-refractivity contribution in [1.29, 1.82) is 0 Å². The Morgan fingerprint density at radius 1 is 1.23 bits per heavy atom. The first-order valence-electron chi connectivity index (χ1n) is 12.8. The lowest BCUT2D eigenvalue weighted by Gasteiger charge is -2.41. The number of hydrogen-bond donors (Lipinski definition) is 4. The van der Waals surface area contributed by atoms with E-state index in [9.17, 15) is 24.9 Å². The monoisotopic (exact) mass is 590 g/mol. The molecule has 0 fully saturated rings. The molecule has 4 rings (SSSR count). The number of aliphatic hydroxyl groups excluding tert-OH is 3. The molecule has 1 aliphatic heterocycles. The first-order chi connectivity index (χ1) is 19.2. The van der Waals surface area contributed by atoms with Gasteiger partial charge in [0.05, 0.1) is 32.3 Å². The molecule has 11 heteroatoms. The van der Waals surface area contributed by atoms with Crippen LogP contribution in [-0.2, 0) is 22.7 Å². The zero-order chi connectivity index (χ0) is 29.0. The predicted molar refractivity (Wildman–Crippen MR) is 150 cm³/mol. The third-order valence-electron chi connectivity index (χ3n) is 7.09. The summed E-state index contributed by atoms with van der Waals surface area (Å²) in [5, 5.41) is 34.3. The molecule has 0 aromatic heterocycles. The number of methoxy groups -OCH3 is 1. The lowest BCUT2D eigenvalue weighted by Crippen LogP contribution is -2.55. The highest BCUT2D eigenvalue weighted by Crippen LogP contribution is 2.51. The van der Waals surface area contributed by atoms with E-state index in [-0.39, 0.29) is 44.2 Å². The molecule has 9 nitrogen and oxygen atoms in total. The Bertz CT molecular complexity index is 1320. The second-order valence-electron chi connectivity index (χ2n) is 9.60. The summed E-state index contributed by atoms with van der Waals surface area (Å²) < 4.78 is 11.7. The second kappa shape index (κ2) is 13.1. The van der Waals surface area contributed by atoms with Crippen LogP contribution < -0.4 is 14.8 Å². The Hall–Kier alpha value is -3.08. The standard InChI is InChI=1S/C29H32Cl2N2O7/c1-3-4-5-24(36)33(14-17-6-7-18(30)12-21(17)31)22-13-20(29(38)32-8-9-34)25-19-10-16(15-35)11-23(39-2)27(19)40-28(25)26(22)37/h3,6-7,10-13,22,25-26,28,34-35,37H,1,4-5,8-9,14-15H2,2H3,(H,32,38)/t22-,25+,26+,28+/m1/s1. The number of aliphatic hydroxyl groups is 3. The van der Waals surface area contributed by atoms with Crippen LogP contribution in [-0.4, -0.2) is 70.5 Å². The van der Waals surface area contributed by atoms with Gasteiger partial charge in [0.2, 0.25) is 11.8 Å². The maximum atomic E-state index is 13.5. The lowest BCUT2D eigenvalue weighted by molar-refractivity contribution is -0.138. The largest absolute Gasteiger partial charge is 0.493 e. The van der Waals surface area contributed by atoms with E-state index in [1.165, 1.54) is 12.0 Å². The van der Waals surface area contributed by atoms with E-state index in [4.69, 9.17) is 32.7 Å². The maximum absolute atomic E-state index is 13.5. The molecule has 4 atom stereocenters. The number of carbonyl (C=O) groups excluding carboxylic acids is 2. The van der Waals surface area contributed by atoms with Crippen LogP contribution in [0.5, 0.6) is 11.5 Å². The smallest absolute Gasteiger partial charge is 0.247 e. The van der Waals surface area contributed by atoms with Crippen molar-refractivity contribution in [2.75, 3.05) is 20.3 Å². The van der Waals surface area contributed by atoms with Crippen LogP contribution >= 0.6 is 23.2 Å². The molecule has 214 valence electrons. The maximum Gasteiger partial charge on any atom is 0.247 e. The van der Waals surface area contributed by atoms with Gasteiger partial charge in [0.25, 0.3) is 0 Å². The minimum Gasteiger partial charge on any atom is -0.493 e. The van der Waals surface area contributed by atoms with Crippen LogP contribution in [0.25, 0.3) is 0 Å². The topological polar surface area (TPSA) is 129 Å². The summed E-state index contributed by atoms with van der Waals surface area (Å²) in [4.78, 5) is 28.4. The Morgan fingerprint density at radius 2 is 2.00 bits per heavy atom. The van der Waals surface area contributed by atoms with Gasteiger partial charge in [0.1, 0.15) is 12.2 Å². The summed E-state index contributed by atoms with van der Waals surface area (Å²) in [5.74, 6) is -0.781. The van der Waals surface area contributed by atoms with Crippen molar-refractivity contribution in [3.8, 4) is 11.5 Å². The van der Waals surface area contributed by atoms with Crippen molar-refractivity contribution in [2.24, 2.45) is 0 Å². The van der Waals surface area contributed by atoms with Crippen molar-refractivity contribution in [3.63, 3.8) is 0 Å². The molecule has 1 heterocycles. The van der Waals surface area contributed by atoms with Gasteiger partial charge in [0.15, 0.2) is 11.5 Å². The summed E-state index contributed by atoms with van der Waals surface area (Å²) in [6.45, 7) is 3.21. The number of nitrogens with one attached hydrogen (secondary N) is 1. The van der Waals surface area contributed by atoms with Crippen molar-refractivity contribution in [3.05, 3.63) is 81.4 Å². The van der Waals surface area contributed by atoms with Crippen LogP contribution in [0.3, 0.4) is 0 Å². The molecule has 0 spiro atoms. The zero-order valence-corrected chi connectivity index (χ0v) is 23.5. The first-order valence-corrected chi connectivity index (χ1v) is 13.6. The number of amides is 2. The van der Waals surface area contributed by atoms with E-state index in [0.29, 0.717) is 44.7 Å². The normalized spacial score (nSPS) is 21.0. The van der Waals surface area contributed by atoms with Gasteiger partial charge in [-0.05, 0) is 47.9 Å². The first kappa shape index (κ1) is 29.9. The number of halogens is 2. The van der Waals surface area contributed by atoms with Gasteiger partial charge >= 0.3 is 0 Å². The fraction of sp³-hybridized carbons (Fsp3) is 0.379. The quantitative estimate of drug-likeness (QED) is 0.296. The third kappa shape index (κ3) is 5.99. The number of ether oxygens (including phenoxy) is 2. The Labute approximate surface area is 242 Å². The highest BCUT2D eigenvalue weighted by Gasteiger charge is 2.51. The summed E-state index contributed by atoms with van der Waals surface area (Å²) in [5.41, 5.74) is 1.98. The summed E-state index contributed by atoms with van der Waals surface area (Å²) in [6.07, 6.45) is 1.55. The van der Waals surface area contributed by atoms with Gasteiger partial charge < -0.3 is 35.0 Å². The van der Waals surface area contributed by atoms with Gasteiger partial charge in [-0.1, -0.05) is 35.3 Å². The minimum absolute atomic E-state index is 0.0108. The molecule has 2 aliphatic rings. The highest BCUT2D eigenvalue weighted by molar-refractivity contribution is 6.35. The van der Waals surface area contributed by atoms with Gasteiger partial charge in [0, 0.05) is 40.7 Å². The lowest BCUT2D eigenvalue weighted by atomic mass is 9.77. The fourth-order valence-corrected chi connectivity index (χ4v) is 5.65. The van der Waals surface area contributed by atoms with Gasteiger partial charge in [-0.2, -0.15) is 0 Å². The summed E-state index contributed by atoms with van der Waals surface area (Å²) in [6, 6.07) is 7.32. The van der Waals surface area contributed by atoms with Gasteiger partial charge in [-0.3, -0.25) is 9.59 Å². The highest BCUT2D eigenvalue weighted by atomic mass is 35.5. The van der Waals surface area contributed by atoms with Crippen LogP contribution in [0.4, 0.5) is 0 Å². The molecule has 0 unspecified atom stereocenters. The molecule has 0 radical (unpaired) electrons. The SMILES string of the molecule is C=CCCC(=O)N(Cc1ccc(Cl)cc1Cl)[C@@H]1C=C(C(=O)NCCO)[C@@H]2c3cc(CO)cc(OC)c3O[C@@H]2[C@H]1O. The number of carbonyl (C=O) groups is 2. The number of hydrogen-bond acceptors (Lipinski definition) is 7. The zero-order valence-electron chi connectivity index (χ0n) is 22.0. The molecular weight excluding hydrogens is 559 g/mol. The van der Waals surface area contributed by atoms with E-state index >= 15 is 0 Å². The van der Waals surface area contributed by atoms with Crippen molar-refractivity contribution >= 4 is 35.0 Å². The summed E-state index contributed by atoms with van der Waals surface area (Å²) in [7, 11) is 1.46. The van der Waals surface area contributed by atoms with Crippen molar-refractivity contribution in [1.82, 2.24) is 10.2 Å². The van der Waals surface area contributed by atoms with E-state index in [2.05, 4.69) is 11.9 Å². The average Bonchev–Trinajstić information content (AvgIpc) is 3.34. The summed E-state index contributed by atoms with van der Waals surface area (Å²) >= 11 is 12.5. The molecule has 0 bridgehead atoms. The van der Waals surface area contributed by atoms with Crippen molar-refractivity contribution < 1.29 is 34.4 Å². The molecule has 2 aromatic carbocycles. The molecule has 0 saturated heterocycles.